The van der Waals surface area contributed by atoms with Crippen molar-refractivity contribution >= 4 is 11.9 Å². The van der Waals surface area contributed by atoms with Crippen molar-refractivity contribution in [3.8, 4) is 0 Å². The molecule has 4 rings (SSSR count). The van der Waals surface area contributed by atoms with Crippen LogP contribution in [0.15, 0.2) is 24.3 Å². The molecule has 7 nitrogen and oxygen atoms in total. The fourth-order valence-electron chi connectivity index (χ4n) is 4.61. The van der Waals surface area contributed by atoms with Crippen molar-refractivity contribution in [3.63, 3.8) is 0 Å². The molecule has 2 aliphatic rings. The van der Waals surface area contributed by atoms with Crippen LogP contribution in [0.2, 0.25) is 0 Å². The third-order valence-corrected chi connectivity index (χ3v) is 6.15. The monoisotopic (exact) mass is 519 g/mol. The minimum absolute atomic E-state index is 0.0404. The predicted molar refractivity (Wildman–Crippen MR) is 118 cm³/mol. The smallest absolute Gasteiger partial charge is 0.416 e. The summed E-state index contributed by atoms with van der Waals surface area (Å²) in [5.41, 5.74) is -2.52. The van der Waals surface area contributed by atoms with Gasteiger partial charge in [0.05, 0.1) is 23.4 Å². The van der Waals surface area contributed by atoms with Crippen molar-refractivity contribution in [1.82, 2.24) is 20.0 Å². The lowest BCUT2D eigenvalue weighted by Gasteiger charge is -2.36. The summed E-state index contributed by atoms with van der Waals surface area (Å²) in [4.78, 5) is 16.3. The summed E-state index contributed by atoms with van der Waals surface area (Å²) in [7, 11) is 0. The number of piperazine rings is 1. The number of carbonyl (C=O) groups is 1. The Hall–Kier alpha value is -2.96. The minimum atomic E-state index is -4.97. The molecule has 2 atom stereocenters. The second-order valence-corrected chi connectivity index (χ2v) is 9.33. The van der Waals surface area contributed by atoms with Crippen LogP contribution in [-0.2, 0) is 36.8 Å². The molecule has 1 aromatic carbocycles. The van der Waals surface area contributed by atoms with Gasteiger partial charge in [-0.2, -0.15) is 31.4 Å². The van der Waals surface area contributed by atoms with E-state index in [0.717, 1.165) is 24.6 Å². The molecule has 2 unspecified atom stereocenters. The normalized spacial score (nSPS) is 21.2. The first kappa shape index (κ1) is 26.1. The number of amides is 1. The van der Waals surface area contributed by atoms with Gasteiger partial charge >= 0.3 is 18.4 Å². The fourth-order valence-corrected chi connectivity index (χ4v) is 4.61. The van der Waals surface area contributed by atoms with Crippen LogP contribution in [0.4, 0.5) is 37.0 Å². The lowest BCUT2D eigenvalue weighted by Crippen LogP contribution is -2.54. The third-order valence-electron chi connectivity index (χ3n) is 6.15. The number of halogens is 6. The van der Waals surface area contributed by atoms with Crippen LogP contribution in [0.3, 0.4) is 0 Å². The first-order chi connectivity index (χ1) is 16.8. The molecule has 1 fully saturated rings. The van der Waals surface area contributed by atoms with E-state index in [1.165, 1.54) is 4.90 Å². The molecule has 13 heteroatoms. The number of nitrogens with one attached hydrogen (secondary N) is 1. The van der Waals surface area contributed by atoms with Crippen molar-refractivity contribution < 1.29 is 35.9 Å². The topological polar surface area (TPSA) is 62.6 Å². The Morgan fingerprint density at radius 1 is 1.00 bits per heavy atom. The number of carbonyl (C=O) groups excluding carboxylic acids is 1. The van der Waals surface area contributed by atoms with E-state index >= 15 is 0 Å². The molecular formula is C23H27F6N5O2. The highest BCUT2D eigenvalue weighted by molar-refractivity contribution is 5.67. The maximum Gasteiger partial charge on any atom is 0.416 e. The van der Waals surface area contributed by atoms with Crippen molar-refractivity contribution in [1.29, 1.82) is 0 Å². The number of benzene rings is 1. The zero-order chi connectivity index (χ0) is 26.3. The Labute approximate surface area is 204 Å². The molecular weight excluding hydrogens is 492 g/mol. The predicted octanol–water partition coefficient (Wildman–Crippen LogP) is 4.65. The molecule has 0 radical (unpaired) electrons. The van der Waals surface area contributed by atoms with Gasteiger partial charge in [0, 0.05) is 44.3 Å². The van der Waals surface area contributed by atoms with Crippen LogP contribution in [0.1, 0.15) is 42.7 Å². The summed E-state index contributed by atoms with van der Waals surface area (Å²) in [5, 5.41) is 8.13. The molecule has 1 saturated heterocycles. The summed E-state index contributed by atoms with van der Waals surface area (Å²) >= 11 is 0. The van der Waals surface area contributed by atoms with E-state index in [-0.39, 0.29) is 24.7 Å². The summed E-state index contributed by atoms with van der Waals surface area (Å²) in [6.07, 6.45) is -10.2. The van der Waals surface area contributed by atoms with Gasteiger partial charge < -0.3 is 19.9 Å². The van der Waals surface area contributed by atoms with Gasteiger partial charge in [0.15, 0.2) is 5.82 Å². The molecule has 1 amide bonds. The number of aryl methyl sites for hydroxylation is 1. The van der Waals surface area contributed by atoms with Crippen molar-refractivity contribution in [3.05, 3.63) is 46.6 Å². The number of fused-ring (bicyclic) bond motifs is 1. The summed E-state index contributed by atoms with van der Waals surface area (Å²) in [6.45, 7) is 6.07. The highest BCUT2D eigenvalue weighted by atomic mass is 19.4. The minimum Gasteiger partial charge on any atom is -0.445 e. The van der Waals surface area contributed by atoms with Gasteiger partial charge in [-0.3, -0.25) is 4.68 Å². The van der Waals surface area contributed by atoms with E-state index in [9.17, 15) is 31.1 Å². The van der Waals surface area contributed by atoms with Crippen molar-refractivity contribution in [2.45, 2.75) is 64.4 Å². The van der Waals surface area contributed by atoms with Gasteiger partial charge in [-0.15, -0.1) is 0 Å². The van der Waals surface area contributed by atoms with E-state index in [0.29, 0.717) is 31.6 Å². The zero-order valence-corrected chi connectivity index (χ0v) is 19.8. The van der Waals surface area contributed by atoms with E-state index in [1.807, 2.05) is 10.7 Å². The number of hydrogen-bond acceptors (Lipinski definition) is 5. The summed E-state index contributed by atoms with van der Waals surface area (Å²) in [6, 6.07) is 3.63. The SMILES string of the molecule is CC1CN(c2cc3n(n2)CCCN(C(=O)OCc2cc(C(F)(F)F)cc(C(F)(F)F)c2)C3)CC(C)N1. The Bertz CT molecular complexity index is 1060. The summed E-state index contributed by atoms with van der Waals surface area (Å²) < 4.78 is 85.5. The molecule has 3 heterocycles. The number of anilines is 1. The molecule has 2 aromatic rings. The van der Waals surface area contributed by atoms with Crippen LogP contribution in [0.5, 0.6) is 0 Å². The highest BCUT2D eigenvalue weighted by Gasteiger charge is 2.37. The molecule has 1 aromatic heterocycles. The highest BCUT2D eigenvalue weighted by Crippen LogP contribution is 2.36. The quantitative estimate of drug-likeness (QED) is 0.599. The number of ether oxygens (including phenoxy) is 1. The second-order valence-electron chi connectivity index (χ2n) is 9.33. The molecule has 2 aliphatic heterocycles. The van der Waals surface area contributed by atoms with Gasteiger partial charge in [-0.25, -0.2) is 4.79 Å². The molecule has 198 valence electrons. The van der Waals surface area contributed by atoms with Gasteiger partial charge in [-0.1, -0.05) is 0 Å². The largest absolute Gasteiger partial charge is 0.445 e. The van der Waals surface area contributed by atoms with E-state index in [1.54, 1.807) is 0 Å². The Balaban J connectivity index is 1.45. The average Bonchev–Trinajstić information content (AvgIpc) is 3.07. The maximum absolute atomic E-state index is 13.1. The van der Waals surface area contributed by atoms with Crippen LogP contribution in [0, 0.1) is 0 Å². The molecule has 0 bridgehead atoms. The van der Waals surface area contributed by atoms with Crippen molar-refractivity contribution in [2.24, 2.45) is 0 Å². The number of nitrogens with zero attached hydrogens (tertiary/aromatic N) is 4. The van der Waals surface area contributed by atoms with E-state index < -0.39 is 41.7 Å². The first-order valence-corrected chi connectivity index (χ1v) is 11.6. The third kappa shape index (κ3) is 6.05. The lowest BCUT2D eigenvalue weighted by molar-refractivity contribution is -0.143. The van der Waals surface area contributed by atoms with Gasteiger partial charge in [0.25, 0.3) is 0 Å². The number of alkyl halides is 6. The molecule has 1 N–H and O–H groups in total. The van der Waals surface area contributed by atoms with Crippen LogP contribution in [-0.4, -0.2) is 52.5 Å². The number of hydrogen-bond donors (Lipinski definition) is 1. The van der Waals surface area contributed by atoms with E-state index in [4.69, 9.17) is 4.74 Å². The van der Waals surface area contributed by atoms with E-state index in [2.05, 4.69) is 29.2 Å². The maximum atomic E-state index is 13.1. The average molecular weight is 519 g/mol. The second kappa shape index (κ2) is 9.83. The molecule has 0 aliphatic carbocycles. The first-order valence-electron chi connectivity index (χ1n) is 11.6. The Morgan fingerprint density at radius 2 is 1.61 bits per heavy atom. The Morgan fingerprint density at radius 3 is 2.19 bits per heavy atom. The molecule has 0 spiro atoms. The fraction of sp³-hybridized carbons (Fsp3) is 0.565. The van der Waals surface area contributed by atoms with Gasteiger partial charge in [0.1, 0.15) is 6.61 Å². The number of rotatable bonds is 3. The van der Waals surface area contributed by atoms with Crippen molar-refractivity contribution in [2.75, 3.05) is 24.5 Å². The van der Waals surface area contributed by atoms with Crippen LogP contribution in [0.25, 0.3) is 0 Å². The number of aromatic nitrogens is 2. The molecule has 0 saturated carbocycles. The van der Waals surface area contributed by atoms with Gasteiger partial charge in [-0.05, 0) is 44.0 Å². The standard InChI is InChI=1S/C23H27F6N5O2/c1-14-10-33(11-15(2)30-14)20-9-19-12-32(4-3-5-34(19)31-20)21(35)36-13-16-6-17(22(24,25)26)8-18(7-16)23(27,28)29/h6-9,14-15,30H,3-5,10-13H2,1-2H3. The Kier molecular flexibility index (Phi) is 7.13. The van der Waals surface area contributed by atoms with Crippen LogP contribution >= 0.6 is 0 Å². The van der Waals surface area contributed by atoms with Crippen LogP contribution < -0.4 is 10.2 Å². The summed E-state index contributed by atoms with van der Waals surface area (Å²) in [5.74, 6) is 0.795. The van der Waals surface area contributed by atoms with Gasteiger partial charge in [0.2, 0.25) is 0 Å². The zero-order valence-electron chi connectivity index (χ0n) is 19.8. The molecule has 36 heavy (non-hydrogen) atoms. The lowest BCUT2D eigenvalue weighted by atomic mass is 10.1.